The van der Waals surface area contributed by atoms with Crippen molar-refractivity contribution in [2.45, 2.75) is 44.1 Å². The number of alkyl halides is 3. The number of hydrogen-bond donors (Lipinski definition) is 0. The third kappa shape index (κ3) is 3.68. The van der Waals surface area contributed by atoms with Gasteiger partial charge < -0.3 is 9.47 Å². The van der Waals surface area contributed by atoms with Gasteiger partial charge in [-0.15, -0.1) is 0 Å². The van der Waals surface area contributed by atoms with Gasteiger partial charge >= 0.3 is 6.18 Å². The van der Waals surface area contributed by atoms with Crippen molar-refractivity contribution in [3.63, 3.8) is 0 Å². The third-order valence-corrected chi connectivity index (χ3v) is 6.97. The Bertz CT molecular complexity index is 1240. The highest BCUT2D eigenvalue weighted by atomic mass is 19.4. The summed E-state index contributed by atoms with van der Waals surface area (Å²) in [7, 11) is 0. The maximum absolute atomic E-state index is 14.8. The minimum absolute atomic E-state index is 0.0308. The Morgan fingerprint density at radius 1 is 1.03 bits per heavy atom. The Morgan fingerprint density at radius 2 is 1.88 bits per heavy atom. The van der Waals surface area contributed by atoms with Crippen LogP contribution in [0.1, 0.15) is 57.4 Å². The van der Waals surface area contributed by atoms with Crippen molar-refractivity contribution in [3.8, 4) is 5.88 Å². The molecule has 0 radical (unpaired) electrons. The van der Waals surface area contributed by atoms with E-state index in [2.05, 4.69) is 4.98 Å². The summed E-state index contributed by atoms with van der Waals surface area (Å²) in [5.74, 6) is 1.35. The molecular weight excluding hydrogens is 434 g/mol. The van der Waals surface area contributed by atoms with E-state index in [4.69, 9.17) is 9.47 Å². The van der Waals surface area contributed by atoms with Gasteiger partial charge in [0.2, 0.25) is 5.88 Å². The summed E-state index contributed by atoms with van der Waals surface area (Å²) in [4.78, 5) is 4.37. The van der Waals surface area contributed by atoms with E-state index in [1.807, 2.05) is 12.3 Å². The lowest BCUT2D eigenvalue weighted by Crippen LogP contribution is -2.21. The molecule has 33 heavy (non-hydrogen) atoms. The summed E-state index contributed by atoms with van der Waals surface area (Å²) in [5.41, 5.74) is 3.27. The molecule has 2 heterocycles. The average Bonchev–Trinajstić information content (AvgIpc) is 3.47. The van der Waals surface area contributed by atoms with Crippen LogP contribution < -0.4 is 4.74 Å². The Kier molecular flexibility index (Phi) is 4.73. The number of ether oxygens (including phenoxy) is 2. The Balaban J connectivity index is 1.29. The summed E-state index contributed by atoms with van der Waals surface area (Å²) in [6.07, 6.45) is -0.880. The molecule has 3 atom stereocenters. The smallest absolute Gasteiger partial charge is 0.416 e. The molecule has 6 rings (SSSR count). The van der Waals surface area contributed by atoms with E-state index in [1.165, 1.54) is 35.7 Å². The van der Waals surface area contributed by atoms with Crippen LogP contribution in [0.25, 0.3) is 0 Å². The molecule has 3 aliphatic rings. The molecule has 3 unspecified atom stereocenters. The van der Waals surface area contributed by atoms with E-state index >= 15 is 0 Å². The maximum atomic E-state index is 14.8. The fourth-order valence-electron chi connectivity index (χ4n) is 5.23. The molecule has 0 N–H and O–H groups in total. The number of fused-ring (bicyclic) bond motifs is 4. The minimum Gasteiger partial charge on any atom is -0.473 e. The van der Waals surface area contributed by atoms with Crippen LogP contribution in [0.15, 0.2) is 48.7 Å². The van der Waals surface area contributed by atoms with Crippen LogP contribution in [0.4, 0.5) is 17.6 Å². The molecule has 0 amide bonds. The number of pyridine rings is 1. The van der Waals surface area contributed by atoms with Gasteiger partial charge in [0, 0.05) is 17.8 Å². The molecular formula is C26H21F4NO2. The van der Waals surface area contributed by atoms with E-state index in [1.54, 1.807) is 12.1 Å². The van der Waals surface area contributed by atoms with Crippen molar-refractivity contribution in [2.24, 2.45) is 5.92 Å². The zero-order valence-corrected chi connectivity index (χ0v) is 17.7. The third-order valence-electron chi connectivity index (χ3n) is 6.97. The highest BCUT2D eigenvalue weighted by Gasteiger charge is 2.45. The summed E-state index contributed by atoms with van der Waals surface area (Å²) < 4.78 is 67.2. The minimum atomic E-state index is -4.51. The van der Waals surface area contributed by atoms with Gasteiger partial charge in [-0.25, -0.2) is 9.37 Å². The molecule has 0 bridgehead atoms. The van der Waals surface area contributed by atoms with Gasteiger partial charge in [0.15, 0.2) is 0 Å². The second kappa shape index (κ2) is 7.55. The van der Waals surface area contributed by atoms with Crippen molar-refractivity contribution < 1.29 is 27.0 Å². The fourth-order valence-corrected chi connectivity index (χ4v) is 5.23. The van der Waals surface area contributed by atoms with E-state index in [0.29, 0.717) is 29.3 Å². The first-order valence-corrected chi connectivity index (χ1v) is 11.1. The van der Waals surface area contributed by atoms with Crippen molar-refractivity contribution in [3.05, 3.63) is 93.4 Å². The number of nitrogens with zero attached hydrogens (tertiary/aromatic N) is 1. The monoisotopic (exact) mass is 455 g/mol. The number of aromatic nitrogens is 1. The van der Waals surface area contributed by atoms with Crippen LogP contribution in [0, 0.1) is 11.7 Å². The van der Waals surface area contributed by atoms with Crippen molar-refractivity contribution in [1.82, 2.24) is 4.98 Å². The fraction of sp³-hybridized carbons (Fsp3) is 0.346. The highest BCUT2D eigenvalue weighted by molar-refractivity contribution is 5.45. The van der Waals surface area contributed by atoms with Gasteiger partial charge in [-0.3, -0.25) is 0 Å². The molecule has 2 aliphatic carbocycles. The molecule has 3 aromatic rings. The maximum Gasteiger partial charge on any atom is 0.416 e. The van der Waals surface area contributed by atoms with Crippen molar-refractivity contribution in [1.29, 1.82) is 0 Å². The van der Waals surface area contributed by atoms with Crippen molar-refractivity contribution in [2.75, 3.05) is 6.61 Å². The molecule has 1 saturated carbocycles. The first-order valence-electron chi connectivity index (χ1n) is 11.1. The van der Waals surface area contributed by atoms with Gasteiger partial charge in [0.25, 0.3) is 0 Å². The number of rotatable bonds is 4. The zero-order valence-electron chi connectivity index (χ0n) is 17.7. The molecule has 0 spiro atoms. The predicted molar refractivity (Wildman–Crippen MR) is 112 cm³/mol. The van der Waals surface area contributed by atoms with E-state index in [-0.39, 0.29) is 24.3 Å². The van der Waals surface area contributed by atoms with Crippen LogP contribution in [0.2, 0.25) is 0 Å². The average molecular weight is 455 g/mol. The van der Waals surface area contributed by atoms with Gasteiger partial charge in [-0.2, -0.15) is 13.2 Å². The SMILES string of the molecule is Fc1cc2c(cc1COc1cc3c(cn1)C1CC1C3)C(c1ccccc1C(F)(F)F)OCC2. The largest absolute Gasteiger partial charge is 0.473 e. The standard InChI is InChI=1S/C26H21F4NO2/c27-23-10-14-5-6-32-25(18-3-1-2-4-22(18)26(28,29)30)20(14)9-17(23)13-33-24-11-16-7-15-8-19(15)21(16)12-31-24/h1-4,9-12,15,19,25H,5-8,13H2. The van der Waals surface area contributed by atoms with Gasteiger partial charge in [-0.1, -0.05) is 18.2 Å². The molecule has 7 heteroatoms. The topological polar surface area (TPSA) is 31.4 Å². The van der Waals surface area contributed by atoms with Crippen LogP contribution in [-0.2, 0) is 30.4 Å². The van der Waals surface area contributed by atoms with E-state index in [9.17, 15) is 17.6 Å². The van der Waals surface area contributed by atoms with Gasteiger partial charge in [0.1, 0.15) is 18.5 Å². The molecule has 1 fully saturated rings. The molecule has 1 aromatic heterocycles. The summed E-state index contributed by atoms with van der Waals surface area (Å²) in [5, 5.41) is 0. The highest BCUT2D eigenvalue weighted by Crippen LogP contribution is 2.56. The molecule has 170 valence electrons. The molecule has 3 nitrogen and oxygen atoms in total. The van der Waals surface area contributed by atoms with Gasteiger partial charge in [0.05, 0.1) is 12.2 Å². The summed E-state index contributed by atoms with van der Waals surface area (Å²) in [6, 6.07) is 10.3. The normalized spacial score (nSPS) is 23.0. The summed E-state index contributed by atoms with van der Waals surface area (Å²) in [6.45, 7) is 0.158. The first-order chi connectivity index (χ1) is 15.9. The number of benzene rings is 2. The van der Waals surface area contributed by atoms with Crippen molar-refractivity contribution >= 4 is 0 Å². The quantitative estimate of drug-likeness (QED) is 0.443. The predicted octanol–water partition coefficient (Wildman–Crippen LogP) is 6.14. The van der Waals surface area contributed by atoms with Gasteiger partial charge in [-0.05, 0) is 77.1 Å². The van der Waals surface area contributed by atoms with Crippen LogP contribution in [-0.4, -0.2) is 11.6 Å². The lowest BCUT2D eigenvalue weighted by Gasteiger charge is -2.29. The first kappa shape index (κ1) is 20.7. The Hall–Kier alpha value is -2.93. The van der Waals surface area contributed by atoms with Crippen LogP contribution >= 0.6 is 0 Å². The molecule has 0 saturated heterocycles. The number of halogens is 4. The second-order valence-electron chi connectivity index (χ2n) is 9.04. The molecule has 1 aliphatic heterocycles. The van der Waals surface area contributed by atoms with E-state index < -0.39 is 23.7 Å². The molecule has 2 aromatic carbocycles. The Labute approximate surface area is 188 Å². The van der Waals surface area contributed by atoms with Crippen LogP contribution in [0.3, 0.4) is 0 Å². The Morgan fingerprint density at radius 3 is 2.73 bits per heavy atom. The van der Waals surface area contributed by atoms with Crippen LogP contribution in [0.5, 0.6) is 5.88 Å². The lowest BCUT2D eigenvalue weighted by molar-refractivity contribution is -0.139. The number of hydrogen-bond acceptors (Lipinski definition) is 3. The van der Waals surface area contributed by atoms with E-state index in [0.717, 1.165) is 18.4 Å². The summed E-state index contributed by atoms with van der Waals surface area (Å²) >= 11 is 0. The lowest BCUT2D eigenvalue weighted by atomic mass is 9.89. The zero-order chi connectivity index (χ0) is 22.7. The second-order valence-corrected chi connectivity index (χ2v) is 9.04.